The summed E-state index contributed by atoms with van der Waals surface area (Å²) in [6.07, 6.45) is 3.02. The molecule has 0 amide bonds. The van der Waals surface area contributed by atoms with Gasteiger partial charge in [-0.25, -0.2) is 0 Å². The Balaban J connectivity index is 2.60. The molecule has 0 aliphatic rings. The second-order valence-corrected chi connectivity index (χ2v) is 3.70. The van der Waals surface area contributed by atoms with Gasteiger partial charge in [-0.3, -0.25) is 4.98 Å². The van der Waals surface area contributed by atoms with Gasteiger partial charge in [-0.05, 0) is 24.3 Å². The van der Waals surface area contributed by atoms with Crippen LogP contribution in [0.1, 0.15) is 19.0 Å². The quantitative estimate of drug-likeness (QED) is 0.724. The number of hydrogen-bond acceptors (Lipinski definition) is 3. The van der Waals surface area contributed by atoms with Gasteiger partial charge in [-0.15, -0.1) is 11.8 Å². The van der Waals surface area contributed by atoms with Crippen molar-refractivity contribution in [3.05, 3.63) is 24.0 Å². The second-order valence-electron chi connectivity index (χ2n) is 2.54. The third kappa shape index (κ3) is 2.83. The van der Waals surface area contributed by atoms with Crippen molar-refractivity contribution in [1.29, 1.82) is 0 Å². The molecule has 66 valence electrons. The molecule has 0 unspecified atom stereocenters. The molecule has 0 aliphatic carbocycles. The van der Waals surface area contributed by atoms with Crippen LogP contribution in [-0.2, 0) is 6.54 Å². The summed E-state index contributed by atoms with van der Waals surface area (Å²) < 4.78 is 0. The molecule has 2 N–H and O–H groups in total. The van der Waals surface area contributed by atoms with Crippen LogP contribution >= 0.6 is 11.8 Å². The lowest BCUT2D eigenvalue weighted by atomic mass is 10.3. The maximum atomic E-state index is 5.48. The van der Waals surface area contributed by atoms with Crippen molar-refractivity contribution >= 4 is 11.8 Å². The maximum Gasteiger partial charge on any atom is 0.0550 e. The number of pyridine rings is 1. The first-order chi connectivity index (χ1) is 5.86. The molecular weight excluding hydrogens is 168 g/mol. The Morgan fingerprint density at radius 2 is 2.42 bits per heavy atom. The van der Waals surface area contributed by atoms with Gasteiger partial charge < -0.3 is 5.73 Å². The van der Waals surface area contributed by atoms with Crippen LogP contribution in [0.25, 0.3) is 0 Å². The monoisotopic (exact) mass is 182 g/mol. The van der Waals surface area contributed by atoms with E-state index in [1.807, 2.05) is 24.0 Å². The largest absolute Gasteiger partial charge is 0.325 e. The minimum absolute atomic E-state index is 0.528. The van der Waals surface area contributed by atoms with E-state index in [1.54, 1.807) is 0 Å². The van der Waals surface area contributed by atoms with E-state index in [0.717, 1.165) is 11.4 Å². The molecule has 1 heterocycles. The summed E-state index contributed by atoms with van der Waals surface area (Å²) in [5.74, 6) is 1.16. The van der Waals surface area contributed by atoms with Crippen molar-refractivity contribution < 1.29 is 0 Å². The van der Waals surface area contributed by atoms with Crippen molar-refractivity contribution in [2.24, 2.45) is 5.73 Å². The van der Waals surface area contributed by atoms with Crippen LogP contribution in [0.5, 0.6) is 0 Å². The standard InChI is InChI=1S/C9H14N2S/c1-2-5-12-9-3-4-11-8(6-9)7-10/h3-4,6H,2,5,7,10H2,1H3. The van der Waals surface area contributed by atoms with Gasteiger partial charge in [0.1, 0.15) is 0 Å². The second kappa shape index (κ2) is 5.17. The van der Waals surface area contributed by atoms with Crippen molar-refractivity contribution in [3.63, 3.8) is 0 Å². The van der Waals surface area contributed by atoms with E-state index in [0.29, 0.717) is 6.54 Å². The van der Waals surface area contributed by atoms with Crippen LogP contribution < -0.4 is 5.73 Å². The Morgan fingerprint density at radius 1 is 1.58 bits per heavy atom. The Morgan fingerprint density at radius 3 is 3.08 bits per heavy atom. The highest BCUT2D eigenvalue weighted by molar-refractivity contribution is 7.99. The van der Waals surface area contributed by atoms with E-state index in [4.69, 9.17) is 5.73 Å². The van der Waals surface area contributed by atoms with E-state index < -0.39 is 0 Å². The molecule has 0 saturated carbocycles. The molecule has 1 aromatic heterocycles. The summed E-state index contributed by atoms with van der Waals surface area (Å²) in [4.78, 5) is 5.40. The first-order valence-electron chi connectivity index (χ1n) is 4.14. The summed E-state index contributed by atoms with van der Waals surface area (Å²) in [6, 6.07) is 4.08. The fourth-order valence-corrected chi connectivity index (χ4v) is 1.69. The predicted molar refractivity (Wildman–Crippen MR) is 53.1 cm³/mol. The van der Waals surface area contributed by atoms with E-state index >= 15 is 0 Å². The molecular formula is C9H14N2S. The molecule has 1 rings (SSSR count). The molecule has 0 fully saturated rings. The minimum atomic E-state index is 0.528. The van der Waals surface area contributed by atoms with Crippen LogP contribution in [0.3, 0.4) is 0 Å². The van der Waals surface area contributed by atoms with Crippen molar-refractivity contribution in [2.75, 3.05) is 5.75 Å². The highest BCUT2D eigenvalue weighted by Crippen LogP contribution is 2.18. The molecule has 3 heteroatoms. The highest BCUT2D eigenvalue weighted by atomic mass is 32.2. The molecule has 0 saturated heterocycles. The Bertz CT molecular complexity index is 238. The Labute approximate surface area is 77.6 Å². The van der Waals surface area contributed by atoms with Crippen LogP contribution in [0.4, 0.5) is 0 Å². The van der Waals surface area contributed by atoms with Gasteiger partial charge in [0, 0.05) is 17.6 Å². The Hall–Kier alpha value is -0.540. The molecule has 0 spiro atoms. The summed E-state index contributed by atoms with van der Waals surface area (Å²) in [6.45, 7) is 2.71. The molecule has 2 nitrogen and oxygen atoms in total. The van der Waals surface area contributed by atoms with Crippen molar-refractivity contribution in [2.45, 2.75) is 24.8 Å². The number of hydrogen-bond donors (Lipinski definition) is 1. The molecule has 0 atom stereocenters. The van der Waals surface area contributed by atoms with Gasteiger partial charge in [0.05, 0.1) is 5.69 Å². The lowest BCUT2D eigenvalue weighted by Gasteiger charge is -2.00. The molecule has 0 aromatic carbocycles. The van der Waals surface area contributed by atoms with Crippen molar-refractivity contribution in [1.82, 2.24) is 4.98 Å². The van der Waals surface area contributed by atoms with Crippen LogP contribution in [0.15, 0.2) is 23.2 Å². The normalized spacial score (nSPS) is 10.2. The summed E-state index contributed by atoms with van der Waals surface area (Å²) >= 11 is 1.85. The average molecular weight is 182 g/mol. The van der Waals surface area contributed by atoms with Crippen molar-refractivity contribution in [3.8, 4) is 0 Å². The first kappa shape index (κ1) is 9.55. The molecule has 0 bridgehead atoms. The summed E-state index contributed by atoms with van der Waals surface area (Å²) in [5, 5.41) is 0. The minimum Gasteiger partial charge on any atom is -0.325 e. The van der Waals surface area contributed by atoms with E-state index in [2.05, 4.69) is 18.0 Å². The highest BCUT2D eigenvalue weighted by Gasteiger charge is 1.94. The SMILES string of the molecule is CCCSc1ccnc(CN)c1. The fraction of sp³-hybridized carbons (Fsp3) is 0.444. The summed E-state index contributed by atoms with van der Waals surface area (Å²) in [5.41, 5.74) is 6.44. The third-order valence-corrected chi connectivity index (χ3v) is 2.67. The van der Waals surface area contributed by atoms with Gasteiger partial charge in [0.15, 0.2) is 0 Å². The van der Waals surface area contributed by atoms with Gasteiger partial charge in [-0.1, -0.05) is 6.92 Å². The zero-order chi connectivity index (χ0) is 8.81. The smallest absolute Gasteiger partial charge is 0.0550 e. The van der Waals surface area contributed by atoms with Gasteiger partial charge >= 0.3 is 0 Å². The van der Waals surface area contributed by atoms with Gasteiger partial charge in [-0.2, -0.15) is 0 Å². The molecule has 12 heavy (non-hydrogen) atoms. The lowest BCUT2D eigenvalue weighted by molar-refractivity contribution is 0.976. The average Bonchev–Trinajstić information content (AvgIpc) is 2.15. The number of thioether (sulfide) groups is 1. The van der Waals surface area contributed by atoms with Crippen LogP contribution in [0.2, 0.25) is 0 Å². The number of aromatic nitrogens is 1. The topological polar surface area (TPSA) is 38.9 Å². The summed E-state index contributed by atoms with van der Waals surface area (Å²) in [7, 11) is 0. The number of rotatable bonds is 4. The van der Waals surface area contributed by atoms with E-state index in [1.165, 1.54) is 11.3 Å². The number of nitrogens with zero attached hydrogens (tertiary/aromatic N) is 1. The lowest BCUT2D eigenvalue weighted by Crippen LogP contribution is -1.98. The predicted octanol–water partition coefficient (Wildman–Crippen LogP) is 2.04. The van der Waals surface area contributed by atoms with Crippen LogP contribution in [-0.4, -0.2) is 10.7 Å². The maximum absolute atomic E-state index is 5.48. The van der Waals surface area contributed by atoms with Gasteiger partial charge in [0.2, 0.25) is 0 Å². The fourth-order valence-electron chi connectivity index (χ4n) is 0.877. The molecule has 0 aliphatic heterocycles. The first-order valence-corrected chi connectivity index (χ1v) is 5.13. The van der Waals surface area contributed by atoms with E-state index in [9.17, 15) is 0 Å². The molecule has 0 radical (unpaired) electrons. The Kier molecular flexibility index (Phi) is 4.11. The van der Waals surface area contributed by atoms with Crippen LogP contribution in [0, 0.1) is 0 Å². The zero-order valence-electron chi connectivity index (χ0n) is 7.29. The molecule has 1 aromatic rings. The zero-order valence-corrected chi connectivity index (χ0v) is 8.10. The van der Waals surface area contributed by atoms with E-state index in [-0.39, 0.29) is 0 Å². The van der Waals surface area contributed by atoms with Gasteiger partial charge in [0.25, 0.3) is 0 Å². The third-order valence-electron chi connectivity index (χ3n) is 1.47. The number of nitrogens with two attached hydrogens (primary N) is 1.